The van der Waals surface area contributed by atoms with E-state index in [1.807, 2.05) is 54.6 Å². The molecule has 4 aromatic rings. The molecule has 0 aliphatic carbocycles. The first kappa shape index (κ1) is 17.1. The van der Waals surface area contributed by atoms with Crippen molar-refractivity contribution in [3.05, 3.63) is 84.2 Å². The van der Waals surface area contributed by atoms with E-state index in [-0.39, 0.29) is 5.52 Å². The van der Waals surface area contributed by atoms with Crippen molar-refractivity contribution in [3.8, 4) is 11.1 Å². The lowest BCUT2D eigenvalue weighted by atomic mass is 10.0. The van der Waals surface area contributed by atoms with Crippen LogP contribution in [0.25, 0.3) is 22.2 Å². The van der Waals surface area contributed by atoms with E-state index < -0.39 is 12.0 Å². The molecule has 0 aliphatic heterocycles. The molecule has 0 atom stereocenters. The van der Waals surface area contributed by atoms with Crippen LogP contribution in [0.2, 0.25) is 0 Å². The number of anilines is 1. The maximum Gasteiger partial charge on any atom is 0.449 e. The number of nitrogens with zero attached hydrogens (tertiary/aromatic N) is 1. The molecule has 1 heterocycles. The standard InChI is InChI=1S/C21H16F3N3/c22-21(23,24)20-26-18-8-4-7-17(19(18)27-20)25-13-14-9-11-16(12-10-14)15-5-2-1-3-6-15/h1-12,25H,13H2,(H,26,27). The zero-order valence-corrected chi connectivity index (χ0v) is 14.2. The third-order valence-electron chi connectivity index (χ3n) is 4.33. The van der Waals surface area contributed by atoms with Gasteiger partial charge in [0.25, 0.3) is 0 Å². The number of aromatic amines is 1. The fourth-order valence-electron chi connectivity index (χ4n) is 2.95. The summed E-state index contributed by atoms with van der Waals surface area (Å²) in [4.78, 5) is 6.03. The minimum Gasteiger partial charge on any atom is -0.379 e. The van der Waals surface area contributed by atoms with Gasteiger partial charge in [0.1, 0.15) is 5.52 Å². The predicted octanol–water partition coefficient (Wildman–Crippen LogP) is 5.86. The average Bonchev–Trinajstić information content (AvgIpc) is 3.13. The molecule has 0 aliphatic rings. The fourth-order valence-corrected chi connectivity index (χ4v) is 2.95. The number of rotatable bonds is 4. The number of hydrogen-bond donors (Lipinski definition) is 2. The molecule has 3 nitrogen and oxygen atoms in total. The van der Waals surface area contributed by atoms with Crippen LogP contribution in [0, 0.1) is 0 Å². The zero-order valence-electron chi connectivity index (χ0n) is 14.2. The second-order valence-corrected chi connectivity index (χ2v) is 6.20. The van der Waals surface area contributed by atoms with Crippen LogP contribution in [0.3, 0.4) is 0 Å². The van der Waals surface area contributed by atoms with Crippen molar-refractivity contribution in [3.63, 3.8) is 0 Å². The number of halogens is 3. The van der Waals surface area contributed by atoms with E-state index in [1.165, 1.54) is 0 Å². The van der Waals surface area contributed by atoms with Crippen molar-refractivity contribution in [2.45, 2.75) is 12.7 Å². The lowest BCUT2D eigenvalue weighted by Crippen LogP contribution is -2.07. The highest BCUT2D eigenvalue weighted by Crippen LogP contribution is 2.31. The molecule has 0 saturated heterocycles. The molecule has 0 unspecified atom stereocenters. The van der Waals surface area contributed by atoms with Crippen molar-refractivity contribution in [1.82, 2.24) is 9.97 Å². The van der Waals surface area contributed by atoms with E-state index in [0.29, 0.717) is 17.7 Å². The third kappa shape index (κ3) is 3.65. The van der Waals surface area contributed by atoms with Crippen LogP contribution in [0.15, 0.2) is 72.8 Å². The van der Waals surface area contributed by atoms with E-state index in [2.05, 4.69) is 15.3 Å². The van der Waals surface area contributed by atoms with Crippen LogP contribution >= 0.6 is 0 Å². The van der Waals surface area contributed by atoms with Crippen molar-refractivity contribution in [1.29, 1.82) is 0 Å². The van der Waals surface area contributed by atoms with Gasteiger partial charge in [-0.05, 0) is 28.8 Å². The number of para-hydroxylation sites is 1. The Morgan fingerprint density at radius 2 is 1.52 bits per heavy atom. The second-order valence-electron chi connectivity index (χ2n) is 6.20. The molecule has 3 aromatic carbocycles. The Morgan fingerprint density at radius 1 is 0.815 bits per heavy atom. The molecule has 0 amide bonds. The second kappa shape index (κ2) is 6.79. The topological polar surface area (TPSA) is 40.7 Å². The van der Waals surface area contributed by atoms with Crippen LogP contribution in [0.4, 0.5) is 18.9 Å². The van der Waals surface area contributed by atoms with Crippen LogP contribution in [-0.2, 0) is 12.7 Å². The number of aromatic nitrogens is 2. The minimum absolute atomic E-state index is 0.283. The Kier molecular flexibility index (Phi) is 4.32. The Hall–Kier alpha value is -3.28. The summed E-state index contributed by atoms with van der Waals surface area (Å²) in [6, 6.07) is 23.1. The van der Waals surface area contributed by atoms with Crippen molar-refractivity contribution < 1.29 is 13.2 Å². The Labute approximate surface area is 153 Å². The van der Waals surface area contributed by atoms with Crippen molar-refractivity contribution in [2.24, 2.45) is 0 Å². The molecule has 0 bridgehead atoms. The largest absolute Gasteiger partial charge is 0.449 e. The predicted molar refractivity (Wildman–Crippen MR) is 100 cm³/mol. The van der Waals surface area contributed by atoms with Gasteiger partial charge < -0.3 is 10.3 Å². The first-order chi connectivity index (χ1) is 13.0. The summed E-state index contributed by atoms with van der Waals surface area (Å²) in [5, 5.41) is 3.18. The smallest absolute Gasteiger partial charge is 0.379 e. The Morgan fingerprint density at radius 3 is 2.22 bits per heavy atom. The highest BCUT2D eigenvalue weighted by atomic mass is 19.4. The summed E-state index contributed by atoms with van der Waals surface area (Å²) in [5.41, 5.74) is 4.48. The highest BCUT2D eigenvalue weighted by molar-refractivity contribution is 5.88. The first-order valence-corrected chi connectivity index (χ1v) is 8.45. The Balaban J connectivity index is 1.53. The van der Waals surface area contributed by atoms with E-state index in [1.54, 1.807) is 18.2 Å². The quantitative estimate of drug-likeness (QED) is 0.474. The number of alkyl halides is 3. The number of nitrogens with one attached hydrogen (secondary N) is 2. The summed E-state index contributed by atoms with van der Waals surface area (Å²) in [6.07, 6.45) is -4.50. The maximum absolute atomic E-state index is 12.9. The van der Waals surface area contributed by atoms with Gasteiger partial charge in [-0.15, -0.1) is 0 Å². The van der Waals surface area contributed by atoms with E-state index in [9.17, 15) is 13.2 Å². The van der Waals surface area contributed by atoms with Crippen molar-refractivity contribution in [2.75, 3.05) is 5.32 Å². The number of fused-ring (bicyclic) bond motifs is 1. The van der Waals surface area contributed by atoms with Gasteiger partial charge in [0.15, 0.2) is 0 Å². The van der Waals surface area contributed by atoms with Crippen LogP contribution < -0.4 is 5.32 Å². The SMILES string of the molecule is FC(F)(F)c1nc2c(NCc3ccc(-c4ccccc4)cc3)cccc2[nH]1. The van der Waals surface area contributed by atoms with Gasteiger partial charge in [-0.2, -0.15) is 13.2 Å². The molecule has 6 heteroatoms. The van der Waals surface area contributed by atoms with E-state index >= 15 is 0 Å². The van der Waals surface area contributed by atoms with Gasteiger partial charge in [-0.3, -0.25) is 0 Å². The lowest BCUT2D eigenvalue weighted by molar-refractivity contribution is -0.144. The van der Waals surface area contributed by atoms with Gasteiger partial charge in [-0.25, -0.2) is 4.98 Å². The lowest BCUT2D eigenvalue weighted by Gasteiger charge is -2.08. The summed E-state index contributed by atoms with van der Waals surface area (Å²) in [5.74, 6) is -0.987. The number of hydrogen-bond acceptors (Lipinski definition) is 2. The number of benzene rings is 3. The van der Waals surface area contributed by atoms with Gasteiger partial charge in [-0.1, -0.05) is 60.7 Å². The average molecular weight is 367 g/mol. The van der Waals surface area contributed by atoms with Gasteiger partial charge in [0.2, 0.25) is 5.82 Å². The third-order valence-corrected chi connectivity index (χ3v) is 4.33. The molecule has 27 heavy (non-hydrogen) atoms. The zero-order chi connectivity index (χ0) is 18.9. The van der Waals surface area contributed by atoms with Crippen LogP contribution in [0.5, 0.6) is 0 Å². The van der Waals surface area contributed by atoms with Gasteiger partial charge >= 0.3 is 6.18 Å². The summed E-state index contributed by atoms with van der Waals surface area (Å²) in [6.45, 7) is 0.488. The van der Waals surface area contributed by atoms with Crippen LogP contribution in [-0.4, -0.2) is 9.97 Å². The summed E-state index contributed by atoms with van der Waals surface area (Å²) < 4.78 is 38.6. The highest BCUT2D eigenvalue weighted by Gasteiger charge is 2.35. The molecule has 0 fully saturated rings. The molecule has 2 N–H and O–H groups in total. The first-order valence-electron chi connectivity index (χ1n) is 8.45. The monoisotopic (exact) mass is 367 g/mol. The minimum atomic E-state index is -4.50. The van der Waals surface area contributed by atoms with Gasteiger partial charge in [0, 0.05) is 6.54 Å². The van der Waals surface area contributed by atoms with Gasteiger partial charge in [0.05, 0.1) is 11.2 Å². The van der Waals surface area contributed by atoms with E-state index in [4.69, 9.17) is 0 Å². The molecule has 1 aromatic heterocycles. The maximum atomic E-state index is 12.9. The molecule has 136 valence electrons. The molecule has 0 spiro atoms. The summed E-state index contributed by atoms with van der Waals surface area (Å²) >= 11 is 0. The molecular formula is C21H16F3N3. The van der Waals surface area contributed by atoms with E-state index in [0.717, 1.165) is 16.7 Å². The molecule has 0 saturated carbocycles. The molecular weight excluding hydrogens is 351 g/mol. The fraction of sp³-hybridized carbons (Fsp3) is 0.0952. The number of H-pyrrole nitrogens is 1. The van der Waals surface area contributed by atoms with Crippen molar-refractivity contribution >= 4 is 16.7 Å². The van der Waals surface area contributed by atoms with Crippen LogP contribution in [0.1, 0.15) is 11.4 Å². The molecule has 4 rings (SSSR count). The Bertz CT molecular complexity index is 1050. The number of imidazole rings is 1. The molecule has 0 radical (unpaired) electrons. The summed E-state index contributed by atoms with van der Waals surface area (Å²) in [7, 11) is 0. The normalized spacial score (nSPS) is 11.7.